The van der Waals surface area contributed by atoms with Crippen LogP contribution in [0.3, 0.4) is 0 Å². The van der Waals surface area contributed by atoms with Gasteiger partial charge in [-0.25, -0.2) is 4.98 Å². The Morgan fingerprint density at radius 1 is 1.20 bits per heavy atom. The van der Waals surface area contributed by atoms with E-state index in [1.165, 1.54) is 12.3 Å². The van der Waals surface area contributed by atoms with Crippen LogP contribution in [0.4, 0.5) is 5.69 Å². The summed E-state index contributed by atoms with van der Waals surface area (Å²) in [6.45, 7) is 1.92. The predicted molar refractivity (Wildman–Crippen MR) is 90.7 cm³/mol. The third kappa shape index (κ3) is 3.77. The third-order valence-electron chi connectivity index (χ3n) is 3.58. The standard InChI is InChI=1S/C18H16N2O5/c1-12-3-8-16(20(21)22)17(9-12)24-10-14-11-25-18(19-14)13-4-6-15(23-2)7-5-13/h3-9,11H,10H2,1-2H3. The molecule has 3 aromatic rings. The highest BCUT2D eigenvalue weighted by atomic mass is 16.6. The number of nitro groups is 1. The first-order valence-corrected chi connectivity index (χ1v) is 7.53. The van der Waals surface area contributed by atoms with E-state index < -0.39 is 4.92 Å². The van der Waals surface area contributed by atoms with Gasteiger partial charge in [0.2, 0.25) is 5.89 Å². The molecular weight excluding hydrogens is 324 g/mol. The van der Waals surface area contributed by atoms with E-state index in [-0.39, 0.29) is 18.0 Å². The lowest BCUT2D eigenvalue weighted by Gasteiger charge is -2.05. The molecule has 7 heteroatoms. The highest BCUT2D eigenvalue weighted by Crippen LogP contribution is 2.29. The predicted octanol–water partition coefficient (Wildman–Crippen LogP) is 4.15. The molecule has 0 aliphatic carbocycles. The molecule has 7 nitrogen and oxygen atoms in total. The van der Waals surface area contributed by atoms with Gasteiger partial charge in [0.25, 0.3) is 0 Å². The van der Waals surface area contributed by atoms with E-state index in [1.807, 2.05) is 31.2 Å². The Hall–Kier alpha value is -3.35. The fraction of sp³-hybridized carbons (Fsp3) is 0.167. The molecule has 0 unspecified atom stereocenters. The van der Waals surface area contributed by atoms with Gasteiger partial charge in [-0.1, -0.05) is 6.07 Å². The smallest absolute Gasteiger partial charge is 0.310 e. The van der Waals surface area contributed by atoms with Crippen LogP contribution in [0.25, 0.3) is 11.5 Å². The lowest BCUT2D eigenvalue weighted by atomic mass is 10.2. The minimum Gasteiger partial charge on any atom is -0.497 e. The maximum atomic E-state index is 11.1. The minimum atomic E-state index is -0.472. The fourth-order valence-corrected chi connectivity index (χ4v) is 2.28. The van der Waals surface area contributed by atoms with E-state index in [0.29, 0.717) is 11.6 Å². The second kappa shape index (κ2) is 7.04. The molecule has 0 fully saturated rings. The van der Waals surface area contributed by atoms with Crippen molar-refractivity contribution in [2.75, 3.05) is 7.11 Å². The molecule has 0 amide bonds. The first-order chi connectivity index (χ1) is 12.1. The Bertz CT molecular complexity index is 887. The molecule has 3 rings (SSSR count). The molecular formula is C18H16N2O5. The van der Waals surface area contributed by atoms with Crippen LogP contribution in [0.5, 0.6) is 11.5 Å². The van der Waals surface area contributed by atoms with Gasteiger partial charge in [0.15, 0.2) is 5.75 Å². The van der Waals surface area contributed by atoms with Gasteiger partial charge in [-0.3, -0.25) is 10.1 Å². The van der Waals surface area contributed by atoms with E-state index in [4.69, 9.17) is 13.9 Å². The van der Waals surface area contributed by atoms with E-state index in [9.17, 15) is 10.1 Å². The van der Waals surface area contributed by atoms with Gasteiger partial charge in [0, 0.05) is 11.6 Å². The van der Waals surface area contributed by atoms with E-state index >= 15 is 0 Å². The molecule has 1 heterocycles. The second-order valence-electron chi connectivity index (χ2n) is 5.39. The van der Waals surface area contributed by atoms with Crippen molar-refractivity contribution in [3.8, 4) is 23.0 Å². The van der Waals surface area contributed by atoms with Crippen LogP contribution in [-0.2, 0) is 6.61 Å². The average Bonchev–Trinajstić information content (AvgIpc) is 3.09. The molecule has 0 radical (unpaired) electrons. The molecule has 128 valence electrons. The molecule has 2 aromatic carbocycles. The first kappa shape index (κ1) is 16.5. The zero-order valence-corrected chi connectivity index (χ0v) is 13.8. The van der Waals surface area contributed by atoms with Crippen LogP contribution < -0.4 is 9.47 Å². The molecule has 0 atom stereocenters. The molecule has 0 bridgehead atoms. The Balaban J connectivity index is 1.74. The van der Waals surface area contributed by atoms with Crippen molar-refractivity contribution < 1.29 is 18.8 Å². The van der Waals surface area contributed by atoms with Crippen molar-refractivity contribution >= 4 is 5.69 Å². The van der Waals surface area contributed by atoms with E-state index in [2.05, 4.69) is 4.98 Å². The van der Waals surface area contributed by atoms with Gasteiger partial charge in [0.1, 0.15) is 24.3 Å². The SMILES string of the molecule is COc1ccc(-c2nc(COc3cc(C)ccc3[N+](=O)[O-])co2)cc1. The van der Waals surface area contributed by atoms with Crippen molar-refractivity contribution in [3.05, 3.63) is 70.1 Å². The van der Waals surface area contributed by atoms with Crippen LogP contribution >= 0.6 is 0 Å². The highest BCUT2D eigenvalue weighted by Gasteiger charge is 2.16. The number of aryl methyl sites for hydroxylation is 1. The molecule has 0 aliphatic rings. The molecule has 0 saturated carbocycles. The van der Waals surface area contributed by atoms with Gasteiger partial charge in [-0.15, -0.1) is 0 Å². The number of hydrogen-bond donors (Lipinski definition) is 0. The zero-order chi connectivity index (χ0) is 17.8. The summed E-state index contributed by atoms with van der Waals surface area (Å²) < 4.78 is 16.1. The topological polar surface area (TPSA) is 87.6 Å². The summed E-state index contributed by atoms with van der Waals surface area (Å²) in [5.41, 5.74) is 2.14. The molecule has 0 N–H and O–H groups in total. The summed E-state index contributed by atoms with van der Waals surface area (Å²) in [4.78, 5) is 14.9. The lowest BCUT2D eigenvalue weighted by molar-refractivity contribution is -0.386. The van der Waals surface area contributed by atoms with Crippen molar-refractivity contribution in [2.45, 2.75) is 13.5 Å². The molecule has 1 aromatic heterocycles. The van der Waals surface area contributed by atoms with Crippen LogP contribution in [0.1, 0.15) is 11.3 Å². The largest absolute Gasteiger partial charge is 0.497 e. The van der Waals surface area contributed by atoms with E-state index in [1.54, 1.807) is 19.2 Å². The van der Waals surface area contributed by atoms with Crippen LogP contribution in [0, 0.1) is 17.0 Å². The number of nitrogens with zero attached hydrogens (tertiary/aromatic N) is 2. The zero-order valence-electron chi connectivity index (χ0n) is 13.8. The summed E-state index contributed by atoms with van der Waals surface area (Å²) in [7, 11) is 1.60. The van der Waals surface area contributed by atoms with Crippen molar-refractivity contribution in [3.63, 3.8) is 0 Å². The quantitative estimate of drug-likeness (QED) is 0.495. The number of nitro benzene ring substituents is 1. The Morgan fingerprint density at radius 2 is 1.96 bits per heavy atom. The fourth-order valence-electron chi connectivity index (χ4n) is 2.28. The highest BCUT2D eigenvalue weighted by molar-refractivity contribution is 5.54. The van der Waals surface area contributed by atoms with Gasteiger partial charge >= 0.3 is 5.69 Å². The van der Waals surface area contributed by atoms with Crippen LogP contribution in [0.2, 0.25) is 0 Å². The Labute approximate surface area is 144 Å². The summed E-state index contributed by atoms with van der Waals surface area (Å²) in [6.07, 6.45) is 1.47. The van der Waals surface area contributed by atoms with Crippen molar-refractivity contribution in [1.29, 1.82) is 0 Å². The molecule has 0 aliphatic heterocycles. The third-order valence-corrected chi connectivity index (χ3v) is 3.58. The monoisotopic (exact) mass is 340 g/mol. The maximum absolute atomic E-state index is 11.1. The summed E-state index contributed by atoms with van der Waals surface area (Å²) >= 11 is 0. The summed E-state index contributed by atoms with van der Waals surface area (Å²) in [5.74, 6) is 1.39. The first-order valence-electron chi connectivity index (χ1n) is 7.53. The van der Waals surface area contributed by atoms with Gasteiger partial charge < -0.3 is 13.9 Å². The van der Waals surface area contributed by atoms with Gasteiger partial charge in [-0.2, -0.15) is 0 Å². The Morgan fingerprint density at radius 3 is 2.64 bits per heavy atom. The second-order valence-corrected chi connectivity index (χ2v) is 5.39. The number of ether oxygens (including phenoxy) is 2. The molecule has 25 heavy (non-hydrogen) atoms. The molecule has 0 spiro atoms. The normalized spacial score (nSPS) is 10.5. The Kier molecular flexibility index (Phi) is 4.65. The number of hydrogen-bond acceptors (Lipinski definition) is 6. The van der Waals surface area contributed by atoms with E-state index in [0.717, 1.165) is 16.9 Å². The summed E-state index contributed by atoms with van der Waals surface area (Å²) in [6, 6.07) is 12.0. The number of aromatic nitrogens is 1. The lowest BCUT2D eigenvalue weighted by Crippen LogP contribution is -2.00. The van der Waals surface area contributed by atoms with Crippen molar-refractivity contribution in [1.82, 2.24) is 4.98 Å². The number of oxazole rings is 1. The molecule has 0 saturated heterocycles. The summed E-state index contributed by atoms with van der Waals surface area (Å²) in [5, 5.41) is 11.1. The van der Waals surface area contributed by atoms with Crippen LogP contribution in [0.15, 0.2) is 53.1 Å². The number of rotatable bonds is 6. The van der Waals surface area contributed by atoms with Crippen LogP contribution in [-0.4, -0.2) is 17.0 Å². The van der Waals surface area contributed by atoms with Gasteiger partial charge in [0.05, 0.1) is 12.0 Å². The average molecular weight is 340 g/mol. The minimum absolute atomic E-state index is 0.0734. The van der Waals surface area contributed by atoms with Crippen molar-refractivity contribution in [2.24, 2.45) is 0 Å². The maximum Gasteiger partial charge on any atom is 0.310 e. The van der Waals surface area contributed by atoms with Gasteiger partial charge in [-0.05, 0) is 42.8 Å². The number of methoxy groups -OCH3 is 1. The number of benzene rings is 2.